The molecule has 1 fully saturated rings. The molecule has 0 aliphatic carbocycles. The fraction of sp³-hybridized carbons (Fsp3) is 0.524. The fourth-order valence-corrected chi connectivity index (χ4v) is 3.36. The number of hydrogen-bond donors (Lipinski definition) is 2. The number of rotatable bonds is 9. The van der Waals surface area contributed by atoms with Crippen molar-refractivity contribution in [3.05, 3.63) is 35.9 Å². The normalized spacial score (nSPS) is 17.7. The number of carbonyl (C=O) groups excluding carboxylic acids is 3. The molecule has 1 aromatic rings. The third-order valence-corrected chi connectivity index (χ3v) is 4.92. The van der Waals surface area contributed by atoms with Gasteiger partial charge < -0.3 is 19.9 Å². The molecule has 2 N–H and O–H groups in total. The Morgan fingerprint density at radius 1 is 1.20 bits per heavy atom. The van der Waals surface area contributed by atoms with Gasteiger partial charge in [0.1, 0.15) is 18.7 Å². The number of likely N-dealkylation sites (tertiary alicyclic amines) is 1. The largest absolute Gasteiger partial charge is 0.480 e. The number of nitrogens with zero attached hydrogens (tertiary/aromatic N) is 1. The summed E-state index contributed by atoms with van der Waals surface area (Å²) in [4.78, 5) is 49.8. The first-order valence-corrected chi connectivity index (χ1v) is 9.99. The molecular formula is C21H28N2O7. The van der Waals surface area contributed by atoms with Crippen LogP contribution in [0.4, 0.5) is 4.79 Å². The predicted octanol–water partition coefficient (Wildman–Crippen LogP) is 1.95. The summed E-state index contributed by atoms with van der Waals surface area (Å²) in [6.45, 7) is 3.83. The van der Waals surface area contributed by atoms with E-state index in [0.29, 0.717) is 19.4 Å². The lowest BCUT2D eigenvalue weighted by atomic mass is 9.97. The lowest BCUT2D eigenvalue weighted by Crippen LogP contribution is -2.53. The molecule has 1 aliphatic heterocycles. The van der Waals surface area contributed by atoms with E-state index in [-0.39, 0.29) is 19.6 Å². The minimum Gasteiger partial charge on any atom is -0.480 e. The molecule has 1 heterocycles. The van der Waals surface area contributed by atoms with Crippen LogP contribution >= 0.6 is 0 Å². The first kappa shape index (κ1) is 23.2. The Morgan fingerprint density at radius 2 is 1.90 bits per heavy atom. The first-order valence-electron chi connectivity index (χ1n) is 9.99. The van der Waals surface area contributed by atoms with Crippen molar-refractivity contribution in [2.24, 2.45) is 5.92 Å². The molecule has 0 bridgehead atoms. The third kappa shape index (κ3) is 6.47. The van der Waals surface area contributed by atoms with E-state index in [9.17, 15) is 24.3 Å². The van der Waals surface area contributed by atoms with Crippen LogP contribution in [0.15, 0.2) is 30.3 Å². The molecule has 0 radical (unpaired) electrons. The molecule has 30 heavy (non-hydrogen) atoms. The zero-order chi connectivity index (χ0) is 22.1. The Bertz CT molecular complexity index is 753. The lowest BCUT2D eigenvalue weighted by molar-refractivity contribution is -0.147. The molecule has 1 aliphatic rings. The van der Waals surface area contributed by atoms with Gasteiger partial charge in [0, 0.05) is 6.54 Å². The number of esters is 1. The van der Waals surface area contributed by atoms with Crippen LogP contribution in [0.25, 0.3) is 0 Å². The van der Waals surface area contributed by atoms with Gasteiger partial charge in [-0.1, -0.05) is 37.3 Å². The standard InChI is InChI=1S/C21H28N2O7/c1-3-29-17(24)12-14(2)18(20(26)27)22-19(25)16-10-7-11-23(16)21(28)30-13-15-8-5-4-6-9-15/h4-6,8-9,14,16,18H,3,7,10-13H2,1-2H3,(H,22,25)(H,26,27)/t14-,16+,18-/m0/s1. The molecule has 1 aromatic carbocycles. The molecule has 2 rings (SSSR count). The van der Waals surface area contributed by atoms with Crippen molar-refractivity contribution in [3.63, 3.8) is 0 Å². The zero-order valence-electron chi connectivity index (χ0n) is 17.2. The van der Waals surface area contributed by atoms with Gasteiger partial charge in [-0.05, 0) is 31.2 Å². The number of nitrogens with one attached hydrogen (secondary N) is 1. The maximum absolute atomic E-state index is 12.7. The molecule has 9 heteroatoms. The van der Waals surface area contributed by atoms with Gasteiger partial charge >= 0.3 is 18.0 Å². The van der Waals surface area contributed by atoms with Gasteiger partial charge in [-0.2, -0.15) is 0 Å². The van der Waals surface area contributed by atoms with Crippen LogP contribution in [0.1, 0.15) is 38.7 Å². The van der Waals surface area contributed by atoms with Crippen molar-refractivity contribution in [1.82, 2.24) is 10.2 Å². The van der Waals surface area contributed by atoms with Crippen LogP contribution in [0.2, 0.25) is 0 Å². The lowest BCUT2D eigenvalue weighted by Gasteiger charge is -2.26. The van der Waals surface area contributed by atoms with Crippen molar-refractivity contribution in [2.75, 3.05) is 13.2 Å². The van der Waals surface area contributed by atoms with E-state index < -0.39 is 41.9 Å². The van der Waals surface area contributed by atoms with Gasteiger partial charge in [0.2, 0.25) is 5.91 Å². The van der Waals surface area contributed by atoms with Crippen molar-refractivity contribution in [2.45, 2.75) is 51.8 Å². The second-order valence-electron chi connectivity index (χ2n) is 7.20. The summed E-state index contributed by atoms with van der Waals surface area (Å²) in [6, 6.07) is 7.08. The molecule has 0 unspecified atom stereocenters. The second kappa shape index (κ2) is 11.2. The Morgan fingerprint density at radius 3 is 2.53 bits per heavy atom. The number of amides is 2. The Balaban J connectivity index is 1.96. The highest BCUT2D eigenvalue weighted by molar-refractivity contribution is 5.90. The molecule has 9 nitrogen and oxygen atoms in total. The summed E-state index contributed by atoms with van der Waals surface area (Å²) in [7, 11) is 0. The van der Waals surface area contributed by atoms with Crippen molar-refractivity contribution < 1.29 is 33.8 Å². The maximum Gasteiger partial charge on any atom is 0.410 e. The van der Waals surface area contributed by atoms with Gasteiger partial charge in [-0.15, -0.1) is 0 Å². The van der Waals surface area contributed by atoms with Gasteiger partial charge in [0.15, 0.2) is 0 Å². The monoisotopic (exact) mass is 420 g/mol. The number of ether oxygens (including phenoxy) is 2. The molecule has 1 saturated heterocycles. The van der Waals surface area contributed by atoms with Crippen molar-refractivity contribution in [3.8, 4) is 0 Å². The Kier molecular flexibility index (Phi) is 8.64. The quantitative estimate of drug-likeness (QED) is 0.586. The summed E-state index contributed by atoms with van der Waals surface area (Å²) in [5.74, 6) is -3.04. The molecule has 2 amide bonds. The van der Waals surface area contributed by atoms with E-state index in [1.807, 2.05) is 30.3 Å². The van der Waals surface area contributed by atoms with Crippen LogP contribution in [-0.2, 0) is 30.5 Å². The predicted molar refractivity (Wildman–Crippen MR) is 106 cm³/mol. The van der Waals surface area contributed by atoms with Crippen molar-refractivity contribution in [1.29, 1.82) is 0 Å². The average molecular weight is 420 g/mol. The highest BCUT2D eigenvalue weighted by atomic mass is 16.6. The third-order valence-electron chi connectivity index (χ3n) is 4.92. The minimum atomic E-state index is -1.27. The van der Waals surface area contributed by atoms with E-state index in [4.69, 9.17) is 9.47 Å². The SMILES string of the molecule is CCOC(=O)C[C@H](C)[C@H](NC(=O)[C@H]1CCCN1C(=O)OCc1ccccc1)C(=O)O. The summed E-state index contributed by atoms with van der Waals surface area (Å²) in [6.07, 6.45) is 0.251. The van der Waals surface area contributed by atoms with E-state index in [2.05, 4.69) is 5.32 Å². The number of aliphatic carboxylic acids is 1. The van der Waals surface area contributed by atoms with Crippen LogP contribution in [0.3, 0.4) is 0 Å². The van der Waals surface area contributed by atoms with E-state index >= 15 is 0 Å². The topological polar surface area (TPSA) is 122 Å². The Hall–Kier alpha value is -3.10. The van der Waals surface area contributed by atoms with Gasteiger partial charge in [-0.3, -0.25) is 14.5 Å². The summed E-state index contributed by atoms with van der Waals surface area (Å²) < 4.78 is 10.1. The number of benzene rings is 1. The van der Waals surface area contributed by atoms with Crippen LogP contribution in [-0.4, -0.2) is 59.2 Å². The molecule has 164 valence electrons. The molecule has 3 atom stereocenters. The molecule has 0 aromatic heterocycles. The highest BCUT2D eigenvalue weighted by Gasteiger charge is 2.38. The minimum absolute atomic E-state index is 0.0822. The van der Waals surface area contributed by atoms with E-state index in [1.54, 1.807) is 13.8 Å². The van der Waals surface area contributed by atoms with Gasteiger partial charge in [0.25, 0.3) is 0 Å². The molecular weight excluding hydrogens is 392 g/mol. The fourth-order valence-electron chi connectivity index (χ4n) is 3.36. The summed E-state index contributed by atoms with van der Waals surface area (Å²) in [5, 5.41) is 12.0. The van der Waals surface area contributed by atoms with Gasteiger partial charge in [-0.25, -0.2) is 9.59 Å². The van der Waals surface area contributed by atoms with Gasteiger partial charge in [0.05, 0.1) is 13.0 Å². The summed E-state index contributed by atoms with van der Waals surface area (Å²) >= 11 is 0. The highest BCUT2D eigenvalue weighted by Crippen LogP contribution is 2.20. The van der Waals surface area contributed by atoms with Crippen LogP contribution in [0, 0.1) is 5.92 Å². The second-order valence-corrected chi connectivity index (χ2v) is 7.20. The van der Waals surface area contributed by atoms with E-state index in [0.717, 1.165) is 5.56 Å². The summed E-state index contributed by atoms with van der Waals surface area (Å²) in [5.41, 5.74) is 0.824. The number of carbonyl (C=O) groups is 4. The van der Waals surface area contributed by atoms with E-state index in [1.165, 1.54) is 4.90 Å². The van der Waals surface area contributed by atoms with Crippen molar-refractivity contribution >= 4 is 23.9 Å². The number of carboxylic acid groups (broad SMARTS) is 1. The molecule has 0 spiro atoms. The number of carboxylic acids is 1. The first-order chi connectivity index (χ1) is 14.3. The van der Waals surface area contributed by atoms with Crippen LogP contribution < -0.4 is 5.32 Å². The smallest absolute Gasteiger partial charge is 0.410 e. The zero-order valence-corrected chi connectivity index (χ0v) is 17.2. The average Bonchev–Trinajstić information content (AvgIpc) is 3.20. The van der Waals surface area contributed by atoms with Crippen LogP contribution in [0.5, 0.6) is 0 Å². The number of hydrogen-bond acceptors (Lipinski definition) is 6. The Labute approximate surface area is 175 Å². The maximum atomic E-state index is 12.7. The molecule has 0 saturated carbocycles.